The lowest BCUT2D eigenvalue weighted by Crippen LogP contribution is -2.39. The third kappa shape index (κ3) is 9.23. The van der Waals surface area contributed by atoms with E-state index in [9.17, 15) is 18.0 Å². The average Bonchev–Trinajstić information content (AvgIpc) is 3.10. The number of carbonyl (C=O) groups is 2. The second-order valence-corrected chi connectivity index (χ2v) is 11.9. The predicted molar refractivity (Wildman–Crippen MR) is 178 cm³/mol. The van der Waals surface area contributed by atoms with Crippen LogP contribution in [-0.4, -0.2) is 60.9 Å². The minimum absolute atomic E-state index is 0.104. The first-order valence-corrected chi connectivity index (χ1v) is 15.9. The minimum atomic E-state index is -4.24. The van der Waals surface area contributed by atoms with E-state index in [-0.39, 0.29) is 34.9 Å². The van der Waals surface area contributed by atoms with E-state index in [2.05, 4.69) is 15.8 Å². The van der Waals surface area contributed by atoms with Gasteiger partial charge in [-0.3, -0.25) is 13.9 Å². The summed E-state index contributed by atoms with van der Waals surface area (Å²) in [6, 6.07) is 26.6. The van der Waals surface area contributed by atoms with E-state index in [0.717, 1.165) is 9.87 Å². The van der Waals surface area contributed by atoms with Crippen LogP contribution < -0.4 is 34.0 Å². The fourth-order valence-corrected chi connectivity index (χ4v) is 5.86. The van der Waals surface area contributed by atoms with Gasteiger partial charge >= 0.3 is 0 Å². The van der Waals surface area contributed by atoms with Crippen molar-refractivity contribution < 1.29 is 37.0 Å². The second kappa shape index (κ2) is 16.1. The second-order valence-electron chi connectivity index (χ2n) is 10.1. The summed E-state index contributed by atoms with van der Waals surface area (Å²) >= 11 is 0. The van der Waals surface area contributed by atoms with Crippen LogP contribution in [-0.2, 0) is 19.6 Å². The van der Waals surface area contributed by atoms with E-state index in [1.165, 1.54) is 57.9 Å². The van der Waals surface area contributed by atoms with Gasteiger partial charge in [-0.25, -0.2) is 13.8 Å². The molecule has 47 heavy (non-hydrogen) atoms. The molecule has 0 saturated heterocycles. The van der Waals surface area contributed by atoms with Crippen molar-refractivity contribution in [3.63, 3.8) is 0 Å². The number of anilines is 1. The Labute approximate surface area is 274 Å². The van der Waals surface area contributed by atoms with Crippen LogP contribution in [0.3, 0.4) is 0 Å². The Bertz CT molecular complexity index is 1780. The predicted octanol–water partition coefficient (Wildman–Crippen LogP) is 4.31. The molecular formula is C34H36N4O8S. The van der Waals surface area contributed by atoms with Crippen LogP contribution in [0.1, 0.15) is 24.1 Å². The first kappa shape index (κ1) is 34.3. The summed E-state index contributed by atoms with van der Waals surface area (Å²) in [6.07, 6.45) is 1.40. The number of hydrazone groups is 1. The highest BCUT2D eigenvalue weighted by molar-refractivity contribution is 7.92. The zero-order chi connectivity index (χ0) is 33.8. The number of amides is 2. The third-order valence-corrected chi connectivity index (χ3v) is 8.69. The van der Waals surface area contributed by atoms with Gasteiger partial charge < -0.3 is 24.3 Å². The number of nitrogens with zero attached hydrogens (tertiary/aromatic N) is 2. The molecule has 13 heteroatoms. The summed E-state index contributed by atoms with van der Waals surface area (Å²) in [5.41, 5.74) is 4.23. The van der Waals surface area contributed by atoms with Gasteiger partial charge in [-0.1, -0.05) is 30.3 Å². The molecule has 0 radical (unpaired) electrons. The maximum atomic E-state index is 13.8. The first-order chi connectivity index (χ1) is 22.6. The molecule has 4 aromatic rings. The molecule has 0 aliphatic heterocycles. The number of hydrogen-bond acceptors (Lipinski definition) is 9. The minimum Gasteiger partial charge on any atom is -0.497 e. The average molecular weight is 661 g/mol. The first-order valence-electron chi connectivity index (χ1n) is 14.4. The van der Waals surface area contributed by atoms with Gasteiger partial charge in [-0.15, -0.1) is 0 Å². The number of rotatable bonds is 15. The van der Waals surface area contributed by atoms with Gasteiger partial charge in [0.1, 0.15) is 18.0 Å². The molecular weight excluding hydrogens is 624 g/mol. The van der Waals surface area contributed by atoms with Crippen molar-refractivity contribution >= 4 is 33.7 Å². The Morgan fingerprint density at radius 2 is 1.47 bits per heavy atom. The van der Waals surface area contributed by atoms with Crippen LogP contribution >= 0.6 is 0 Å². The standard InChI is InChI=1S/C34H36N4O8S/c1-24(26-8-6-5-7-9-26)36-34(40)23-46-29-14-10-25(11-15-29)21-35-37-33(39)22-38(27-12-16-28(43-2)17-13-27)47(41,42)30-18-19-31(44-3)32(20-30)45-4/h5-21,24H,22-23H2,1-4H3,(H,36,40)(H,37,39)/b35-21-/t24-/m1/s1. The number of hydrogen-bond donors (Lipinski definition) is 2. The fourth-order valence-electron chi connectivity index (χ4n) is 4.42. The van der Waals surface area contributed by atoms with Crippen LogP contribution in [0.25, 0.3) is 0 Å². The Balaban J connectivity index is 1.38. The van der Waals surface area contributed by atoms with Gasteiger partial charge in [-0.05, 0) is 78.7 Å². The van der Waals surface area contributed by atoms with Crippen molar-refractivity contribution in [2.24, 2.45) is 5.10 Å². The van der Waals surface area contributed by atoms with Crippen LogP contribution in [0.5, 0.6) is 23.0 Å². The number of ether oxygens (including phenoxy) is 4. The van der Waals surface area contributed by atoms with Crippen LogP contribution in [0.4, 0.5) is 5.69 Å². The molecule has 0 fully saturated rings. The molecule has 0 heterocycles. The maximum Gasteiger partial charge on any atom is 0.264 e. The lowest BCUT2D eigenvalue weighted by Gasteiger charge is -2.24. The Morgan fingerprint density at radius 1 is 0.809 bits per heavy atom. The quantitative estimate of drug-likeness (QED) is 0.142. The molecule has 1 atom stereocenters. The van der Waals surface area contributed by atoms with Crippen molar-refractivity contribution in [1.82, 2.24) is 10.7 Å². The lowest BCUT2D eigenvalue weighted by atomic mass is 10.1. The smallest absolute Gasteiger partial charge is 0.264 e. The molecule has 2 N–H and O–H groups in total. The van der Waals surface area contributed by atoms with Crippen LogP contribution in [0.15, 0.2) is 107 Å². The van der Waals surface area contributed by atoms with Gasteiger partial charge in [0.15, 0.2) is 18.1 Å². The molecule has 4 rings (SSSR count). The Hall–Kier alpha value is -5.56. The summed E-state index contributed by atoms with van der Waals surface area (Å²) in [5.74, 6) is 0.624. The highest BCUT2D eigenvalue weighted by Crippen LogP contribution is 2.32. The molecule has 0 aromatic heterocycles. The Morgan fingerprint density at radius 3 is 2.11 bits per heavy atom. The summed E-state index contributed by atoms with van der Waals surface area (Å²) in [5, 5.41) is 6.87. The largest absolute Gasteiger partial charge is 0.497 e. The SMILES string of the molecule is COc1ccc(N(CC(=O)N/N=C\c2ccc(OCC(=O)N[C@H](C)c3ccccc3)cc2)S(=O)(=O)c2ccc(OC)c(OC)c2)cc1. The van der Waals surface area contributed by atoms with E-state index in [1.807, 2.05) is 37.3 Å². The van der Waals surface area contributed by atoms with Crippen LogP contribution in [0.2, 0.25) is 0 Å². The molecule has 2 amide bonds. The molecule has 0 aliphatic carbocycles. The number of sulfonamides is 1. The van der Waals surface area contributed by atoms with Crippen molar-refractivity contribution in [3.05, 3.63) is 108 Å². The molecule has 0 unspecified atom stereocenters. The van der Waals surface area contributed by atoms with Gasteiger partial charge in [0, 0.05) is 6.07 Å². The zero-order valence-electron chi connectivity index (χ0n) is 26.4. The molecule has 0 bridgehead atoms. The molecule has 12 nitrogen and oxygen atoms in total. The molecule has 0 aliphatic rings. The van der Waals surface area contributed by atoms with E-state index >= 15 is 0 Å². The van der Waals surface area contributed by atoms with Gasteiger partial charge in [0.05, 0.1) is 44.2 Å². The summed E-state index contributed by atoms with van der Waals surface area (Å²) in [4.78, 5) is 25.2. The van der Waals surface area contributed by atoms with E-state index in [1.54, 1.807) is 36.4 Å². The molecule has 246 valence electrons. The molecule has 4 aromatic carbocycles. The third-order valence-electron chi connectivity index (χ3n) is 6.92. The van der Waals surface area contributed by atoms with Gasteiger partial charge in [-0.2, -0.15) is 5.10 Å². The van der Waals surface area contributed by atoms with E-state index in [0.29, 0.717) is 22.8 Å². The van der Waals surface area contributed by atoms with Crippen molar-refractivity contribution in [2.45, 2.75) is 17.9 Å². The molecule has 0 saturated carbocycles. The summed E-state index contributed by atoms with van der Waals surface area (Å²) < 4.78 is 49.8. The van der Waals surface area contributed by atoms with E-state index in [4.69, 9.17) is 18.9 Å². The monoisotopic (exact) mass is 660 g/mol. The van der Waals surface area contributed by atoms with Crippen molar-refractivity contribution in [3.8, 4) is 23.0 Å². The van der Waals surface area contributed by atoms with Gasteiger partial charge in [0.2, 0.25) is 0 Å². The highest BCUT2D eigenvalue weighted by atomic mass is 32.2. The van der Waals surface area contributed by atoms with E-state index < -0.39 is 22.5 Å². The van der Waals surface area contributed by atoms with Gasteiger partial charge in [0.25, 0.3) is 21.8 Å². The maximum absolute atomic E-state index is 13.8. The zero-order valence-corrected chi connectivity index (χ0v) is 27.2. The number of carbonyl (C=O) groups excluding carboxylic acids is 2. The van der Waals surface area contributed by atoms with Crippen molar-refractivity contribution in [2.75, 3.05) is 38.8 Å². The summed E-state index contributed by atoms with van der Waals surface area (Å²) in [6.45, 7) is 1.17. The Kier molecular flexibility index (Phi) is 11.8. The fraction of sp³-hybridized carbons (Fsp3) is 0.206. The molecule has 0 spiro atoms. The highest BCUT2D eigenvalue weighted by Gasteiger charge is 2.28. The number of benzene rings is 4. The van der Waals surface area contributed by atoms with Crippen molar-refractivity contribution in [1.29, 1.82) is 0 Å². The normalized spacial score (nSPS) is 11.7. The topological polar surface area (TPSA) is 145 Å². The van der Waals surface area contributed by atoms with Crippen LogP contribution in [0, 0.1) is 0 Å². The number of nitrogens with one attached hydrogen (secondary N) is 2. The summed E-state index contributed by atoms with van der Waals surface area (Å²) in [7, 11) is 0.0932. The lowest BCUT2D eigenvalue weighted by molar-refractivity contribution is -0.123. The number of methoxy groups -OCH3 is 3.